The van der Waals surface area contributed by atoms with Crippen molar-refractivity contribution in [2.75, 3.05) is 38.7 Å². The fourth-order valence-corrected chi connectivity index (χ4v) is 3.95. The average Bonchev–Trinajstić information content (AvgIpc) is 3.52. The summed E-state index contributed by atoms with van der Waals surface area (Å²) in [5.74, 6) is 1.52. The minimum atomic E-state index is -0.212. The molecule has 0 aliphatic carbocycles. The van der Waals surface area contributed by atoms with Gasteiger partial charge in [0.2, 0.25) is 11.8 Å². The summed E-state index contributed by atoms with van der Waals surface area (Å²) in [6, 6.07) is 10.4. The van der Waals surface area contributed by atoms with Crippen LogP contribution in [-0.2, 0) is 11.3 Å². The topological polar surface area (TPSA) is 80.7 Å². The van der Waals surface area contributed by atoms with Crippen LogP contribution in [0.4, 0.5) is 10.3 Å². The first-order valence-electron chi connectivity index (χ1n) is 10.9. The number of fused-ring (bicyclic) bond motifs is 1. The highest BCUT2D eigenvalue weighted by Gasteiger charge is 2.19. The summed E-state index contributed by atoms with van der Waals surface area (Å²) in [6.45, 7) is 3.55. The van der Waals surface area contributed by atoms with E-state index in [1.54, 1.807) is 17.9 Å². The van der Waals surface area contributed by atoms with Crippen molar-refractivity contribution in [2.24, 2.45) is 0 Å². The Kier molecular flexibility index (Phi) is 6.14. The lowest BCUT2D eigenvalue weighted by molar-refractivity contribution is 0.210. The highest BCUT2D eigenvalue weighted by atomic mass is 19.1. The van der Waals surface area contributed by atoms with Crippen molar-refractivity contribution in [1.29, 1.82) is 0 Å². The van der Waals surface area contributed by atoms with Crippen LogP contribution in [0.15, 0.2) is 59.4 Å². The zero-order chi connectivity index (χ0) is 22.6. The van der Waals surface area contributed by atoms with Crippen LogP contribution in [0.3, 0.4) is 0 Å². The summed E-state index contributed by atoms with van der Waals surface area (Å²) in [4.78, 5) is 11.7. The molecule has 170 valence electrons. The molecule has 0 bridgehead atoms. The summed E-state index contributed by atoms with van der Waals surface area (Å²) in [7, 11) is 1.66. The Morgan fingerprint density at radius 2 is 2.09 bits per heavy atom. The predicted molar refractivity (Wildman–Crippen MR) is 123 cm³/mol. The first-order chi connectivity index (χ1) is 16.2. The third kappa shape index (κ3) is 4.64. The summed E-state index contributed by atoms with van der Waals surface area (Å²) in [6.07, 6.45) is 6.57. The van der Waals surface area contributed by atoms with E-state index in [9.17, 15) is 4.39 Å². The molecule has 4 heterocycles. The number of benzene rings is 1. The van der Waals surface area contributed by atoms with Crippen LogP contribution in [-0.4, -0.2) is 57.8 Å². The van der Waals surface area contributed by atoms with Crippen LogP contribution in [0.5, 0.6) is 0 Å². The molecule has 4 aromatic rings. The quantitative estimate of drug-likeness (QED) is 0.410. The second kappa shape index (κ2) is 9.51. The van der Waals surface area contributed by atoms with Gasteiger partial charge < -0.3 is 14.5 Å². The third-order valence-electron chi connectivity index (χ3n) is 5.67. The van der Waals surface area contributed by atoms with E-state index < -0.39 is 0 Å². The van der Waals surface area contributed by atoms with Crippen LogP contribution < -0.4 is 5.32 Å². The summed E-state index contributed by atoms with van der Waals surface area (Å²) in [5.41, 5.74) is 4.04. The van der Waals surface area contributed by atoms with E-state index in [0.29, 0.717) is 37.2 Å². The van der Waals surface area contributed by atoms with Crippen molar-refractivity contribution in [3.8, 4) is 11.6 Å². The largest absolute Gasteiger partial charge is 0.461 e. The van der Waals surface area contributed by atoms with Crippen molar-refractivity contribution in [3.63, 3.8) is 0 Å². The summed E-state index contributed by atoms with van der Waals surface area (Å²) in [5, 5.41) is 7.88. The molecule has 1 aromatic carbocycles. The number of anilines is 1. The molecule has 3 aromatic heterocycles. The van der Waals surface area contributed by atoms with E-state index >= 15 is 0 Å². The van der Waals surface area contributed by atoms with E-state index in [0.717, 1.165) is 36.3 Å². The molecule has 0 amide bonds. The van der Waals surface area contributed by atoms with Gasteiger partial charge in [0.25, 0.3) is 0 Å². The Balaban J connectivity index is 1.38. The van der Waals surface area contributed by atoms with Crippen LogP contribution in [0.1, 0.15) is 17.5 Å². The second-order valence-corrected chi connectivity index (χ2v) is 7.90. The number of hydrogen-bond donors (Lipinski definition) is 1. The van der Waals surface area contributed by atoms with E-state index in [-0.39, 0.29) is 5.82 Å². The smallest absolute Gasteiger partial charge is 0.225 e. The Bertz CT molecular complexity index is 1250. The molecule has 1 N–H and O–H groups in total. The molecule has 0 radical (unpaired) electrons. The Morgan fingerprint density at radius 3 is 2.82 bits per heavy atom. The highest BCUT2D eigenvalue weighted by Crippen LogP contribution is 2.25. The Morgan fingerprint density at radius 1 is 1.21 bits per heavy atom. The minimum absolute atomic E-state index is 0.212. The molecule has 0 spiro atoms. The number of halogens is 1. The SMILES string of the molecule is COCCNc1ncc(CN2CC=C(c3ccc(F)cc3)CC2)c2nc(-c3ccco3)nn12. The summed E-state index contributed by atoms with van der Waals surface area (Å²) >= 11 is 0. The lowest BCUT2D eigenvalue weighted by Gasteiger charge is -2.26. The first-order valence-corrected chi connectivity index (χ1v) is 10.9. The lowest BCUT2D eigenvalue weighted by atomic mass is 9.99. The Hall–Kier alpha value is -3.56. The fraction of sp³-hybridized carbons (Fsp3) is 0.292. The minimum Gasteiger partial charge on any atom is -0.461 e. The first kappa shape index (κ1) is 21.3. The molecule has 5 rings (SSSR count). The standard InChI is InChI=1S/C24H25FN6O2/c1-32-14-10-26-24-27-15-19(23-28-22(29-31(23)24)21-3-2-13-33-21)16-30-11-8-18(9-12-30)17-4-6-20(25)7-5-17/h2-8,13,15H,9-12,14,16H2,1H3,(H,26,27). The Labute approximate surface area is 190 Å². The third-order valence-corrected chi connectivity index (χ3v) is 5.67. The lowest BCUT2D eigenvalue weighted by Crippen LogP contribution is -2.28. The zero-order valence-corrected chi connectivity index (χ0v) is 18.4. The maximum atomic E-state index is 13.2. The van der Waals surface area contributed by atoms with Crippen molar-refractivity contribution < 1.29 is 13.5 Å². The molecule has 0 atom stereocenters. The molecule has 0 saturated heterocycles. The van der Waals surface area contributed by atoms with Gasteiger partial charge >= 0.3 is 0 Å². The fourth-order valence-electron chi connectivity index (χ4n) is 3.95. The van der Waals surface area contributed by atoms with Gasteiger partial charge in [-0.2, -0.15) is 4.52 Å². The van der Waals surface area contributed by atoms with E-state index in [1.165, 1.54) is 17.7 Å². The van der Waals surface area contributed by atoms with Gasteiger partial charge in [0.15, 0.2) is 11.4 Å². The monoisotopic (exact) mass is 448 g/mol. The van der Waals surface area contributed by atoms with Crippen LogP contribution in [0, 0.1) is 5.82 Å². The van der Waals surface area contributed by atoms with Crippen molar-refractivity contribution >= 4 is 17.2 Å². The van der Waals surface area contributed by atoms with Gasteiger partial charge in [-0.15, -0.1) is 5.10 Å². The number of furan rings is 1. The van der Waals surface area contributed by atoms with Gasteiger partial charge in [-0.25, -0.2) is 14.4 Å². The van der Waals surface area contributed by atoms with Crippen LogP contribution in [0.2, 0.25) is 0 Å². The number of nitrogens with zero attached hydrogens (tertiary/aromatic N) is 5. The van der Waals surface area contributed by atoms with Gasteiger partial charge in [0.05, 0.1) is 12.9 Å². The van der Waals surface area contributed by atoms with Crippen molar-refractivity contribution in [2.45, 2.75) is 13.0 Å². The molecule has 1 aliphatic heterocycles. The summed E-state index contributed by atoms with van der Waals surface area (Å²) < 4.78 is 25.6. The number of hydrogen-bond acceptors (Lipinski definition) is 7. The van der Waals surface area contributed by atoms with Gasteiger partial charge in [-0.3, -0.25) is 4.90 Å². The number of nitrogens with one attached hydrogen (secondary N) is 1. The molecule has 0 fully saturated rings. The molecule has 1 aliphatic rings. The van der Waals surface area contributed by atoms with Gasteiger partial charge in [-0.1, -0.05) is 18.2 Å². The van der Waals surface area contributed by atoms with Gasteiger partial charge in [0, 0.05) is 45.0 Å². The molecular formula is C24H25FN6O2. The van der Waals surface area contributed by atoms with Crippen LogP contribution >= 0.6 is 0 Å². The molecule has 8 nitrogen and oxygen atoms in total. The zero-order valence-electron chi connectivity index (χ0n) is 18.4. The van der Waals surface area contributed by atoms with E-state index in [1.807, 2.05) is 30.5 Å². The number of methoxy groups -OCH3 is 1. The molecule has 0 saturated carbocycles. The van der Waals surface area contributed by atoms with Gasteiger partial charge in [-0.05, 0) is 41.8 Å². The normalized spacial score (nSPS) is 14.5. The number of rotatable bonds is 8. The molecule has 0 unspecified atom stereocenters. The molecular weight excluding hydrogens is 423 g/mol. The van der Waals surface area contributed by atoms with E-state index in [2.05, 4.69) is 26.4 Å². The maximum Gasteiger partial charge on any atom is 0.225 e. The molecule has 9 heteroatoms. The number of aromatic nitrogens is 4. The average molecular weight is 449 g/mol. The van der Waals surface area contributed by atoms with Crippen molar-refractivity contribution in [1.82, 2.24) is 24.5 Å². The number of ether oxygens (including phenoxy) is 1. The second-order valence-electron chi connectivity index (χ2n) is 7.90. The van der Waals surface area contributed by atoms with E-state index in [4.69, 9.17) is 14.1 Å². The van der Waals surface area contributed by atoms with Crippen molar-refractivity contribution in [3.05, 3.63) is 71.9 Å². The predicted octanol–water partition coefficient (Wildman–Crippen LogP) is 3.87. The van der Waals surface area contributed by atoms with Gasteiger partial charge in [0.1, 0.15) is 5.82 Å². The molecule has 33 heavy (non-hydrogen) atoms. The highest BCUT2D eigenvalue weighted by molar-refractivity contribution is 5.66. The van der Waals surface area contributed by atoms with Crippen LogP contribution in [0.25, 0.3) is 22.8 Å². The maximum absolute atomic E-state index is 13.2.